The first-order valence-electron chi connectivity index (χ1n) is 8.77. The van der Waals surface area contributed by atoms with Crippen molar-refractivity contribution in [3.63, 3.8) is 0 Å². The predicted octanol–water partition coefficient (Wildman–Crippen LogP) is 3.84. The lowest BCUT2D eigenvalue weighted by molar-refractivity contribution is 0.0714. The van der Waals surface area contributed by atoms with Crippen molar-refractivity contribution < 1.29 is 14.3 Å². The number of aliphatic hydroxyl groups is 1. The van der Waals surface area contributed by atoms with E-state index in [-0.39, 0.29) is 17.8 Å². The van der Waals surface area contributed by atoms with Crippen LogP contribution in [0.15, 0.2) is 46.9 Å². The Hall–Kier alpha value is -1.76. The van der Waals surface area contributed by atoms with Gasteiger partial charge in [0.25, 0.3) is 5.91 Å². The topological polar surface area (TPSA) is 52.6 Å². The monoisotopic (exact) mass is 420 g/mol. The molecule has 0 aromatic heterocycles. The third-order valence-corrected chi connectivity index (χ3v) is 5.17. The summed E-state index contributed by atoms with van der Waals surface area (Å²) in [6, 6.07) is 11.9. The number of halogens is 2. The summed E-state index contributed by atoms with van der Waals surface area (Å²) in [6.07, 6.45) is 2.51. The van der Waals surface area contributed by atoms with Gasteiger partial charge in [0.2, 0.25) is 0 Å². The molecule has 0 bridgehead atoms. The molecule has 1 heterocycles. The van der Waals surface area contributed by atoms with Crippen LogP contribution >= 0.6 is 15.9 Å². The Morgan fingerprint density at radius 2 is 2.15 bits per heavy atom. The van der Waals surface area contributed by atoms with Crippen molar-refractivity contribution in [1.82, 2.24) is 4.90 Å². The molecule has 3 rings (SSSR count). The molecular formula is C20H22BrFN2O2. The van der Waals surface area contributed by atoms with Crippen molar-refractivity contribution in [1.29, 1.82) is 0 Å². The van der Waals surface area contributed by atoms with Gasteiger partial charge in [0.1, 0.15) is 5.82 Å². The smallest absolute Gasteiger partial charge is 0.255 e. The second kappa shape index (κ2) is 8.75. The minimum absolute atomic E-state index is 0.223. The zero-order chi connectivity index (χ0) is 18.5. The van der Waals surface area contributed by atoms with Crippen molar-refractivity contribution >= 4 is 27.5 Å². The maximum absolute atomic E-state index is 13.3. The van der Waals surface area contributed by atoms with E-state index in [0.717, 1.165) is 44.5 Å². The van der Waals surface area contributed by atoms with E-state index in [1.807, 2.05) is 18.2 Å². The number of rotatable bonds is 5. The summed E-state index contributed by atoms with van der Waals surface area (Å²) in [4.78, 5) is 14.7. The highest BCUT2D eigenvalue weighted by molar-refractivity contribution is 9.10. The standard InChI is InChI=1S/C20H22BrFN2O2/c21-18-12-16(6-7-19(18)22)23-20(26)15-4-1-3-14(11-15)8-10-24-9-2-5-17(25)13-24/h1,3-4,6-7,11-12,17,25H,2,5,8-10,13H2,(H,23,26). The average molecular weight is 421 g/mol. The van der Waals surface area contributed by atoms with E-state index in [1.165, 1.54) is 12.1 Å². The molecule has 1 aliphatic rings. The van der Waals surface area contributed by atoms with Gasteiger partial charge in [-0.25, -0.2) is 4.39 Å². The Morgan fingerprint density at radius 1 is 1.31 bits per heavy atom. The second-order valence-corrected chi connectivity index (χ2v) is 7.48. The largest absolute Gasteiger partial charge is 0.392 e. The van der Waals surface area contributed by atoms with E-state index in [1.54, 1.807) is 12.1 Å². The van der Waals surface area contributed by atoms with E-state index in [2.05, 4.69) is 26.1 Å². The number of benzene rings is 2. The number of hydrogen-bond donors (Lipinski definition) is 2. The summed E-state index contributed by atoms with van der Waals surface area (Å²) in [5, 5.41) is 12.5. The van der Waals surface area contributed by atoms with Crippen LogP contribution in [0.2, 0.25) is 0 Å². The first kappa shape index (κ1) is 19.0. The second-order valence-electron chi connectivity index (χ2n) is 6.63. The molecule has 1 fully saturated rings. The normalized spacial score (nSPS) is 17.9. The molecule has 1 amide bonds. The van der Waals surface area contributed by atoms with Crippen LogP contribution in [-0.4, -0.2) is 41.7 Å². The third-order valence-electron chi connectivity index (χ3n) is 4.56. The molecule has 2 aromatic carbocycles. The van der Waals surface area contributed by atoms with Crippen molar-refractivity contribution in [2.75, 3.05) is 25.0 Å². The van der Waals surface area contributed by atoms with E-state index >= 15 is 0 Å². The predicted molar refractivity (Wildman–Crippen MR) is 104 cm³/mol. The first-order chi connectivity index (χ1) is 12.5. The van der Waals surface area contributed by atoms with Gasteiger partial charge >= 0.3 is 0 Å². The van der Waals surface area contributed by atoms with Crippen LogP contribution in [-0.2, 0) is 6.42 Å². The van der Waals surface area contributed by atoms with E-state index < -0.39 is 0 Å². The van der Waals surface area contributed by atoms with Crippen LogP contribution in [0.3, 0.4) is 0 Å². The number of nitrogens with one attached hydrogen (secondary N) is 1. The van der Waals surface area contributed by atoms with Crippen LogP contribution in [0.4, 0.5) is 10.1 Å². The van der Waals surface area contributed by atoms with Crippen molar-refractivity contribution in [3.8, 4) is 0 Å². The highest BCUT2D eigenvalue weighted by atomic mass is 79.9. The molecule has 6 heteroatoms. The van der Waals surface area contributed by atoms with Gasteiger partial charge in [-0.1, -0.05) is 12.1 Å². The molecular weight excluding hydrogens is 399 g/mol. The van der Waals surface area contributed by atoms with Gasteiger partial charge in [-0.2, -0.15) is 0 Å². The zero-order valence-electron chi connectivity index (χ0n) is 14.4. The Morgan fingerprint density at radius 3 is 2.92 bits per heavy atom. The Labute approximate surface area is 161 Å². The summed E-state index contributed by atoms with van der Waals surface area (Å²) < 4.78 is 13.6. The molecule has 1 unspecified atom stereocenters. The van der Waals surface area contributed by atoms with Gasteiger partial charge < -0.3 is 15.3 Å². The summed E-state index contributed by atoms with van der Waals surface area (Å²) in [5.74, 6) is -0.591. The fourth-order valence-electron chi connectivity index (χ4n) is 3.17. The molecule has 138 valence electrons. The molecule has 1 atom stereocenters. The third kappa shape index (κ3) is 5.13. The number of anilines is 1. The molecule has 26 heavy (non-hydrogen) atoms. The molecule has 1 aliphatic heterocycles. The van der Waals surface area contributed by atoms with Crippen LogP contribution in [0, 0.1) is 5.82 Å². The number of piperidine rings is 1. The number of nitrogens with zero attached hydrogens (tertiary/aromatic N) is 1. The first-order valence-corrected chi connectivity index (χ1v) is 9.56. The minimum atomic E-state index is -0.368. The highest BCUT2D eigenvalue weighted by Gasteiger charge is 2.17. The molecule has 2 aromatic rings. The van der Waals surface area contributed by atoms with Gasteiger partial charge in [0, 0.05) is 24.3 Å². The molecule has 0 aliphatic carbocycles. The van der Waals surface area contributed by atoms with Crippen LogP contribution in [0.25, 0.3) is 0 Å². The quantitative estimate of drug-likeness (QED) is 0.772. The summed E-state index contributed by atoms with van der Waals surface area (Å²) in [7, 11) is 0. The van der Waals surface area contributed by atoms with Crippen LogP contribution in [0.1, 0.15) is 28.8 Å². The lowest BCUT2D eigenvalue weighted by Crippen LogP contribution is -2.39. The Bertz CT molecular complexity index is 784. The lowest BCUT2D eigenvalue weighted by Gasteiger charge is -2.29. The fourth-order valence-corrected chi connectivity index (χ4v) is 3.55. The summed E-state index contributed by atoms with van der Waals surface area (Å²) in [5.41, 5.74) is 2.19. The van der Waals surface area contributed by atoms with Crippen molar-refractivity contribution in [2.24, 2.45) is 0 Å². The molecule has 0 saturated carbocycles. The molecule has 1 saturated heterocycles. The molecule has 0 spiro atoms. The number of β-amino-alcohol motifs (C(OH)–C–C–N with tert-alkyl or cyclic N) is 1. The number of likely N-dealkylation sites (tertiary alicyclic amines) is 1. The highest BCUT2D eigenvalue weighted by Crippen LogP contribution is 2.21. The SMILES string of the molecule is O=C(Nc1ccc(F)c(Br)c1)c1cccc(CCN2CCCC(O)C2)c1. The van der Waals surface area contributed by atoms with E-state index in [9.17, 15) is 14.3 Å². The molecule has 2 N–H and O–H groups in total. The van der Waals surface area contributed by atoms with Gasteiger partial charge in [-0.3, -0.25) is 4.79 Å². The number of aliphatic hydroxyl groups excluding tert-OH is 1. The minimum Gasteiger partial charge on any atom is -0.392 e. The number of carbonyl (C=O) groups is 1. The van der Waals surface area contributed by atoms with E-state index in [4.69, 9.17) is 0 Å². The number of hydrogen-bond acceptors (Lipinski definition) is 3. The maximum Gasteiger partial charge on any atom is 0.255 e. The van der Waals surface area contributed by atoms with Crippen LogP contribution < -0.4 is 5.32 Å². The van der Waals surface area contributed by atoms with Gasteiger partial charge in [-0.15, -0.1) is 0 Å². The lowest BCUT2D eigenvalue weighted by atomic mass is 10.0. The maximum atomic E-state index is 13.3. The summed E-state index contributed by atoms with van der Waals surface area (Å²) in [6.45, 7) is 2.60. The summed E-state index contributed by atoms with van der Waals surface area (Å²) >= 11 is 3.12. The number of amides is 1. The van der Waals surface area contributed by atoms with Gasteiger partial charge in [-0.05, 0) is 77.6 Å². The molecule has 4 nitrogen and oxygen atoms in total. The Balaban J connectivity index is 1.60. The molecule has 0 radical (unpaired) electrons. The number of carbonyl (C=O) groups excluding carboxylic acids is 1. The van der Waals surface area contributed by atoms with Gasteiger partial charge in [0.15, 0.2) is 0 Å². The van der Waals surface area contributed by atoms with Crippen LogP contribution in [0.5, 0.6) is 0 Å². The van der Waals surface area contributed by atoms with E-state index in [0.29, 0.717) is 15.7 Å². The van der Waals surface area contributed by atoms with Crippen molar-refractivity contribution in [2.45, 2.75) is 25.4 Å². The Kier molecular flexibility index (Phi) is 6.40. The zero-order valence-corrected chi connectivity index (χ0v) is 16.0. The average Bonchev–Trinajstić information content (AvgIpc) is 2.63. The fraction of sp³-hybridized carbons (Fsp3) is 0.350. The van der Waals surface area contributed by atoms with Crippen molar-refractivity contribution in [3.05, 3.63) is 63.9 Å². The van der Waals surface area contributed by atoms with Gasteiger partial charge in [0.05, 0.1) is 10.6 Å².